The number of hydrogen-bond acceptors (Lipinski definition) is 2. The van der Waals surface area contributed by atoms with Gasteiger partial charge in [-0.15, -0.1) is 0 Å². The predicted molar refractivity (Wildman–Crippen MR) is 63.0 cm³/mol. The van der Waals surface area contributed by atoms with E-state index in [1.807, 2.05) is 14.0 Å². The highest BCUT2D eigenvalue weighted by Crippen LogP contribution is 2.25. The van der Waals surface area contributed by atoms with Crippen molar-refractivity contribution in [2.45, 2.75) is 25.8 Å². The average molecular weight is 239 g/mol. The van der Waals surface area contributed by atoms with Crippen LogP contribution in [0.1, 0.15) is 18.9 Å². The summed E-state index contributed by atoms with van der Waals surface area (Å²) in [7, 11) is 1.85. The molecule has 1 aromatic carbocycles. The Morgan fingerprint density at radius 2 is 2.12 bits per heavy atom. The lowest BCUT2D eigenvalue weighted by Gasteiger charge is -2.14. The van der Waals surface area contributed by atoms with Crippen molar-refractivity contribution in [2.24, 2.45) is 0 Å². The molecule has 1 heterocycles. The largest absolute Gasteiger partial charge is 0.431 e. The van der Waals surface area contributed by atoms with Crippen molar-refractivity contribution in [3.8, 4) is 0 Å². The van der Waals surface area contributed by atoms with E-state index in [4.69, 9.17) is 4.42 Å². The molecule has 0 aliphatic rings. The first-order valence-corrected chi connectivity index (χ1v) is 5.69. The lowest BCUT2D eigenvalue weighted by Crippen LogP contribution is -2.26. The van der Waals surface area contributed by atoms with Gasteiger partial charge < -0.3 is 9.73 Å². The van der Waals surface area contributed by atoms with Gasteiger partial charge in [-0.25, -0.2) is 4.39 Å². The van der Waals surface area contributed by atoms with Crippen LogP contribution in [0.4, 0.5) is 8.78 Å². The number of fused-ring (bicyclic) bond motifs is 1. The average Bonchev–Trinajstić information content (AvgIpc) is 2.70. The lowest BCUT2D eigenvalue weighted by atomic mass is 10.0. The lowest BCUT2D eigenvalue weighted by molar-refractivity contribution is 0.381. The molecule has 0 fully saturated rings. The van der Waals surface area contributed by atoms with Crippen LogP contribution in [0.25, 0.3) is 11.0 Å². The quantitative estimate of drug-likeness (QED) is 0.886. The van der Waals surface area contributed by atoms with Crippen LogP contribution < -0.4 is 5.32 Å². The van der Waals surface area contributed by atoms with E-state index in [1.165, 1.54) is 0 Å². The Kier molecular flexibility index (Phi) is 3.43. The van der Waals surface area contributed by atoms with E-state index in [1.54, 1.807) is 12.1 Å². The highest BCUT2D eigenvalue weighted by atomic mass is 19.1. The molecule has 0 spiro atoms. The van der Waals surface area contributed by atoms with Crippen LogP contribution in [-0.4, -0.2) is 13.1 Å². The smallest absolute Gasteiger partial charge is 0.278 e. The summed E-state index contributed by atoms with van der Waals surface area (Å²) in [5.41, 5.74) is 0.834. The first-order valence-electron chi connectivity index (χ1n) is 5.69. The normalized spacial score (nSPS) is 13.2. The van der Waals surface area contributed by atoms with E-state index in [9.17, 15) is 8.78 Å². The number of furan rings is 1. The molecule has 0 saturated heterocycles. The van der Waals surface area contributed by atoms with Crippen LogP contribution in [-0.2, 0) is 6.42 Å². The molecule has 1 aromatic heterocycles. The van der Waals surface area contributed by atoms with Crippen LogP contribution in [0.5, 0.6) is 0 Å². The van der Waals surface area contributed by atoms with Crippen LogP contribution in [0.2, 0.25) is 0 Å². The van der Waals surface area contributed by atoms with Crippen molar-refractivity contribution in [3.63, 3.8) is 0 Å². The Hall–Kier alpha value is -1.42. The van der Waals surface area contributed by atoms with Gasteiger partial charge in [0.05, 0.1) is 5.39 Å². The summed E-state index contributed by atoms with van der Waals surface area (Å²) in [6, 6.07) is 3.82. The molecule has 17 heavy (non-hydrogen) atoms. The molecule has 0 aliphatic carbocycles. The zero-order valence-electron chi connectivity index (χ0n) is 9.89. The molecule has 1 atom stereocenters. The second-order valence-corrected chi connectivity index (χ2v) is 4.10. The van der Waals surface area contributed by atoms with Crippen molar-refractivity contribution in [1.82, 2.24) is 5.32 Å². The Labute approximate surface area is 98.6 Å². The van der Waals surface area contributed by atoms with Gasteiger partial charge in [0, 0.05) is 12.1 Å². The zero-order chi connectivity index (χ0) is 12.4. The Bertz CT molecular complexity index is 517. The maximum atomic E-state index is 14.1. The molecule has 0 saturated carbocycles. The highest BCUT2D eigenvalue weighted by molar-refractivity contribution is 5.78. The third kappa shape index (κ3) is 2.31. The summed E-state index contributed by atoms with van der Waals surface area (Å²) in [4.78, 5) is 0. The molecule has 0 bridgehead atoms. The first kappa shape index (κ1) is 12.0. The second-order valence-electron chi connectivity index (χ2n) is 4.10. The molecule has 2 rings (SSSR count). The summed E-state index contributed by atoms with van der Waals surface area (Å²) in [6.07, 6.45) is 1.50. The van der Waals surface area contributed by atoms with Crippen molar-refractivity contribution in [1.29, 1.82) is 0 Å². The SMILES string of the molecule is CC[C@@H](Cc1ccc2oc(F)cc2c1F)NC. The predicted octanol–water partition coefficient (Wildman–Crippen LogP) is 3.25. The van der Waals surface area contributed by atoms with Crippen molar-refractivity contribution in [2.75, 3.05) is 7.05 Å². The number of halogens is 2. The molecule has 0 aliphatic heterocycles. The van der Waals surface area contributed by atoms with E-state index in [0.717, 1.165) is 12.5 Å². The number of rotatable bonds is 4. The molecule has 1 N–H and O–H groups in total. The maximum Gasteiger partial charge on any atom is 0.278 e. The van der Waals surface area contributed by atoms with E-state index in [2.05, 4.69) is 5.32 Å². The van der Waals surface area contributed by atoms with Gasteiger partial charge >= 0.3 is 0 Å². The molecule has 0 unspecified atom stereocenters. The molecule has 0 amide bonds. The molecule has 92 valence electrons. The Balaban J connectivity index is 2.38. The summed E-state index contributed by atoms with van der Waals surface area (Å²) < 4.78 is 31.7. The summed E-state index contributed by atoms with van der Waals surface area (Å²) in [6.45, 7) is 2.04. The van der Waals surface area contributed by atoms with Crippen molar-refractivity contribution < 1.29 is 13.2 Å². The third-order valence-corrected chi connectivity index (χ3v) is 3.05. The second kappa shape index (κ2) is 4.84. The highest BCUT2D eigenvalue weighted by Gasteiger charge is 2.14. The fourth-order valence-corrected chi connectivity index (χ4v) is 1.97. The third-order valence-electron chi connectivity index (χ3n) is 3.05. The molecular weight excluding hydrogens is 224 g/mol. The fourth-order valence-electron chi connectivity index (χ4n) is 1.97. The summed E-state index contributed by atoms with van der Waals surface area (Å²) in [5.74, 6) is -0.385. The van der Waals surface area contributed by atoms with Crippen molar-refractivity contribution in [3.05, 3.63) is 35.6 Å². The van der Waals surface area contributed by atoms with Gasteiger partial charge in [-0.3, -0.25) is 0 Å². The molecular formula is C13H15F2NO. The molecule has 0 radical (unpaired) electrons. The van der Waals surface area contributed by atoms with Gasteiger partial charge in [-0.05, 0) is 31.5 Å². The number of benzene rings is 1. The Morgan fingerprint density at radius 1 is 1.35 bits per heavy atom. The number of hydrogen-bond donors (Lipinski definition) is 1. The summed E-state index contributed by atoms with van der Waals surface area (Å²) >= 11 is 0. The Morgan fingerprint density at radius 3 is 2.76 bits per heavy atom. The molecule has 2 aromatic rings. The van der Waals surface area contributed by atoms with Gasteiger partial charge in [0.15, 0.2) is 0 Å². The summed E-state index contributed by atoms with van der Waals surface area (Å²) in [5, 5.41) is 3.33. The van der Waals surface area contributed by atoms with Crippen LogP contribution in [0.15, 0.2) is 22.6 Å². The standard InChI is InChI=1S/C13H15F2NO/c1-3-9(16-2)6-8-4-5-11-10(13(8)15)7-12(14)17-11/h4-5,7,9,16H,3,6H2,1-2H3/t9-/m0/s1. The van der Waals surface area contributed by atoms with Crippen molar-refractivity contribution >= 4 is 11.0 Å². The van der Waals surface area contributed by atoms with E-state index < -0.39 is 6.01 Å². The molecule has 4 heteroatoms. The number of likely N-dealkylation sites (N-methyl/N-ethyl adjacent to an activating group) is 1. The van der Waals surface area contributed by atoms with Gasteiger partial charge in [-0.2, -0.15) is 4.39 Å². The zero-order valence-corrected chi connectivity index (χ0v) is 9.89. The van der Waals surface area contributed by atoms with Gasteiger partial charge in [-0.1, -0.05) is 13.0 Å². The van der Waals surface area contributed by atoms with Gasteiger partial charge in [0.25, 0.3) is 6.01 Å². The van der Waals surface area contributed by atoms with Crippen LogP contribution in [0.3, 0.4) is 0 Å². The fraction of sp³-hybridized carbons (Fsp3) is 0.385. The molecule has 2 nitrogen and oxygen atoms in total. The minimum Gasteiger partial charge on any atom is -0.431 e. The van der Waals surface area contributed by atoms with Gasteiger partial charge in [0.1, 0.15) is 11.4 Å². The number of nitrogens with one attached hydrogen (secondary N) is 1. The minimum absolute atomic E-state index is 0.214. The van der Waals surface area contributed by atoms with Crippen LogP contribution in [0, 0.1) is 11.8 Å². The topological polar surface area (TPSA) is 25.2 Å². The van der Waals surface area contributed by atoms with E-state index >= 15 is 0 Å². The van der Waals surface area contributed by atoms with Crippen LogP contribution >= 0.6 is 0 Å². The minimum atomic E-state index is -0.753. The van der Waals surface area contributed by atoms with E-state index in [0.29, 0.717) is 12.0 Å². The first-order chi connectivity index (χ1) is 8.15. The van der Waals surface area contributed by atoms with E-state index in [-0.39, 0.29) is 22.8 Å². The maximum absolute atomic E-state index is 14.1. The van der Waals surface area contributed by atoms with Gasteiger partial charge in [0.2, 0.25) is 0 Å². The monoisotopic (exact) mass is 239 g/mol.